The van der Waals surface area contributed by atoms with Crippen LogP contribution in [0.3, 0.4) is 0 Å². The van der Waals surface area contributed by atoms with Crippen LogP contribution in [0, 0.1) is 5.41 Å². The molecule has 0 aromatic heterocycles. The third-order valence-corrected chi connectivity index (χ3v) is 5.75. The minimum atomic E-state index is -0.241. The first-order valence-corrected chi connectivity index (χ1v) is 8.64. The van der Waals surface area contributed by atoms with Gasteiger partial charge in [-0.1, -0.05) is 36.8 Å². The summed E-state index contributed by atoms with van der Waals surface area (Å²) in [5.74, 6) is 0.105. The van der Waals surface area contributed by atoms with Gasteiger partial charge in [0.25, 0.3) is 5.91 Å². The van der Waals surface area contributed by atoms with Crippen LogP contribution in [0.5, 0.6) is 0 Å². The standard InChI is InChI=1S/C20H23NO2/c22-18-7-3-10-20(18)11-4-12-21(14-20)19(23)17-9-8-15-5-1-2-6-16(15)13-17/h1-2,5-6,8-9,13,18,22H,3-4,7,10-12,14H2/t18-,20-/m1/s1. The molecule has 1 N–H and O–H groups in total. The molecule has 4 rings (SSSR count). The highest BCUT2D eigenvalue weighted by Gasteiger charge is 2.45. The number of benzene rings is 2. The van der Waals surface area contributed by atoms with E-state index in [1.165, 1.54) is 0 Å². The average molecular weight is 309 g/mol. The zero-order valence-corrected chi connectivity index (χ0v) is 13.4. The van der Waals surface area contributed by atoms with Crippen LogP contribution < -0.4 is 0 Å². The van der Waals surface area contributed by atoms with E-state index in [1.807, 2.05) is 41.3 Å². The summed E-state index contributed by atoms with van der Waals surface area (Å²) in [7, 11) is 0. The van der Waals surface area contributed by atoms with Gasteiger partial charge in [-0.15, -0.1) is 0 Å². The topological polar surface area (TPSA) is 40.5 Å². The number of aliphatic hydroxyl groups excluding tert-OH is 1. The van der Waals surface area contributed by atoms with Gasteiger partial charge < -0.3 is 10.0 Å². The second-order valence-corrected chi connectivity index (χ2v) is 7.16. The predicted molar refractivity (Wildman–Crippen MR) is 91.4 cm³/mol. The fraction of sp³-hybridized carbons (Fsp3) is 0.450. The van der Waals surface area contributed by atoms with Crippen LogP contribution in [0.15, 0.2) is 42.5 Å². The minimum absolute atomic E-state index is 0.0508. The van der Waals surface area contributed by atoms with Crippen molar-refractivity contribution in [2.75, 3.05) is 13.1 Å². The quantitative estimate of drug-likeness (QED) is 0.874. The van der Waals surface area contributed by atoms with Crippen molar-refractivity contribution in [2.24, 2.45) is 5.41 Å². The summed E-state index contributed by atoms with van der Waals surface area (Å²) in [6, 6.07) is 14.1. The van der Waals surface area contributed by atoms with Crippen LogP contribution in [0.25, 0.3) is 10.8 Å². The van der Waals surface area contributed by atoms with E-state index in [2.05, 4.69) is 6.07 Å². The van der Waals surface area contributed by atoms with Crippen LogP contribution >= 0.6 is 0 Å². The Morgan fingerprint density at radius 1 is 1.09 bits per heavy atom. The molecule has 1 saturated heterocycles. The molecule has 2 fully saturated rings. The monoisotopic (exact) mass is 309 g/mol. The van der Waals surface area contributed by atoms with Crippen LogP contribution in [-0.4, -0.2) is 35.1 Å². The number of carbonyl (C=O) groups excluding carboxylic acids is 1. The molecule has 120 valence electrons. The smallest absolute Gasteiger partial charge is 0.253 e. The van der Waals surface area contributed by atoms with Crippen molar-refractivity contribution in [2.45, 2.75) is 38.2 Å². The third-order valence-electron chi connectivity index (χ3n) is 5.75. The molecule has 1 aliphatic carbocycles. The number of rotatable bonds is 1. The number of aliphatic hydroxyl groups is 1. The van der Waals surface area contributed by atoms with Gasteiger partial charge in [-0.25, -0.2) is 0 Å². The Hall–Kier alpha value is -1.87. The molecule has 2 aromatic carbocycles. The predicted octanol–water partition coefficient (Wildman–Crippen LogP) is 3.61. The minimum Gasteiger partial charge on any atom is -0.392 e. The first-order valence-electron chi connectivity index (χ1n) is 8.64. The van der Waals surface area contributed by atoms with Gasteiger partial charge in [-0.05, 0) is 48.6 Å². The summed E-state index contributed by atoms with van der Waals surface area (Å²) in [5, 5.41) is 12.6. The number of carbonyl (C=O) groups is 1. The van der Waals surface area contributed by atoms with E-state index < -0.39 is 0 Å². The van der Waals surface area contributed by atoms with E-state index in [1.54, 1.807) is 0 Å². The molecule has 0 bridgehead atoms. The number of hydrogen-bond donors (Lipinski definition) is 1. The summed E-state index contributed by atoms with van der Waals surface area (Å²) in [6.07, 6.45) is 4.83. The largest absolute Gasteiger partial charge is 0.392 e. The number of piperidine rings is 1. The van der Waals surface area contributed by atoms with Crippen LogP contribution in [0.4, 0.5) is 0 Å². The van der Waals surface area contributed by atoms with Crippen molar-refractivity contribution >= 4 is 16.7 Å². The number of amides is 1. The van der Waals surface area contributed by atoms with Gasteiger partial charge in [0, 0.05) is 24.1 Å². The molecule has 1 spiro atoms. The van der Waals surface area contributed by atoms with Gasteiger partial charge in [-0.2, -0.15) is 0 Å². The maximum Gasteiger partial charge on any atom is 0.253 e. The lowest BCUT2D eigenvalue weighted by molar-refractivity contribution is -0.00535. The van der Waals surface area contributed by atoms with Crippen molar-refractivity contribution in [1.82, 2.24) is 4.90 Å². The molecule has 3 heteroatoms. The van der Waals surface area contributed by atoms with E-state index in [-0.39, 0.29) is 17.4 Å². The maximum atomic E-state index is 12.9. The molecule has 0 radical (unpaired) electrons. The molecule has 0 unspecified atom stereocenters. The van der Waals surface area contributed by atoms with Gasteiger partial charge in [-0.3, -0.25) is 4.79 Å². The SMILES string of the molecule is O=C(c1ccc2ccccc2c1)N1CCC[C@]2(CCC[C@H]2O)C1. The number of hydrogen-bond acceptors (Lipinski definition) is 2. The first-order chi connectivity index (χ1) is 11.2. The third kappa shape index (κ3) is 2.53. The van der Waals surface area contributed by atoms with E-state index in [0.29, 0.717) is 6.54 Å². The van der Waals surface area contributed by atoms with Crippen molar-refractivity contribution in [3.8, 4) is 0 Å². The van der Waals surface area contributed by atoms with E-state index in [0.717, 1.165) is 55.0 Å². The highest BCUT2D eigenvalue weighted by atomic mass is 16.3. The first kappa shape index (κ1) is 14.7. The number of fused-ring (bicyclic) bond motifs is 1. The fourth-order valence-electron chi connectivity index (χ4n) is 4.43. The molecule has 2 atom stereocenters. The summed E-state index contributed by atoms with van der Waals surface area (Å²) in [4.78, 5) is 14.9. The molecular weight excluding hydrogens is 286 g/mol. The molecule has 1 saturated carbocycles. The molecule has 1 amide bonds. The van der Waals surface area contributed by atoms with Gasteiger partial charge in [0.2, 0.25) is 0 Å². The highest BCUT2D eigenvalue weighted by molar-refractivity contribution is 5.98. The fourth-order valence-corrected chi connectivity index (χ4v) is 4.43. The van der Waals surface area contributed by atoms with Crippen LogP contribution in [-0.2, 0) is 0 Å². The van der Waals surface area contributed by atoms with Crippen molar-refractivity contribution in [3.05, 3.63) is 48.0 Å². The normalized spacial score (nSPS) is 27.7. The number of nitrogens with zero attached hydrogens (tertiary/aromatic N) is 1. The highest BCUT2D eigenvalue weighted by Crippen LogP contribution is 2.45. The molecular formula is C20H23NO2. The maximum absolute atomic E-state index is 12.9. The van der Waals surface area contributed by atoms with Crippen molar-refractivity contribution in [1.29, 1.82) is 0 Å². The van der Waals surface area contributed by atoms with Crippen molar-refractivity contribution < 1.29 is 9.90 Å². The Kier molecular flexibility index (Phi) is 3.61. The van der Waals surface area contributed by atoms with Crippen LogP contribution in [0.1, 0.15) is 42.5 Å². The van der Waals surface area contributed by atoms with Gasteiger partial charge >= 0.3 is 0 Å². The van der Waals surface area contributed by atoms with E-state index in [9.17, 15) is 9.90 Å². The van der Waals surface area contributed by atoms with Crippen molar-refractivity contribution in [3.63, 3.8) is 0 Å². The average Bonchev–Trinajstić information content (AvgIpc) is 2.93. The van der Waals surface area contributed by atoms with Gasteiger partial charge in [0.05, 0.1) is 6.10 Å². The van der Waals surface area contributed by atoms with E-state index in [4.69, 9.17) is 0 Å². The Balaban J connectivity index is 1.60. The Morgan fingerprint density at radius 2 is 1.87 bits per heavy atom. The molecule has 2 aliphatic rings. The second-order valence-electron chi connectivity index (χ2n) is 7.16. The lowest BCUT2D eigenvalue weighted by atomic mass is 9.76. The Morgan fingerprint density at radius 3 is 2.65 bits per heavy atom. The lowest BCUT2D eigenvalue weighted by Crippen LogP contribution is -2.49. The lowest BCUT2D eigenvalue weighted by Gasteiger charge is -2.42. The summed E-state index contributed by atoms with van der Waals surface area (Å²) < 4.78 is 0. The zero-order chi connectivity index (χ0) is 15.9. The van der Waals surface area contributed by atoms with Gasteiger partial charge in [0.15, 0.2) is 0 Å². The molecule has 2 aromatic rings. The Bertz CT molecular complexity index is 741. The van der Waals surface area contributed by atoms with Crippen LogP contribution in [0.2, 0.25) is 0 Å². The zero-order valence-electron chi connectivity index (χ0n) is 13.4. The molecule has 23 heavy (non-hydrogen) atoms. The molecule has 1 heterocycles. The Labute approximate surface area is 136 Å². The summed E-state index contributed by atoms with van der Waals surface area (Å²) >= 11 is 0. The summed E-state index contributed by atoms with van der Waals surface area (Å²) in [5.41, 5.74) is 0.707. The second kappa shape index (κ2) is 5.64. The molecule has 1 aliphatic heterocycles. The summed E-state index contributed by atoms with van der Waals surface area (Å²) in [6.45, 7) is 1.51. The number of likely N-dealkylation sites (tertiary alicyclic amines) is 1. The van der Waals surface area contributed by atoms with Gasteiger partial charge in [0.1, 0.15) is 0 Å². The van der Waals surface area contributed by atoms with E-state index >= 15 is 0 Å². The molecule has 3 nitrogen and oxygen atoms in total.